The summed E-state index contributed by atoms with van der Waals surface area (Å²) in [5, 5.41) is 5.84. The number of furan rings is 1. The molecule has 7 heteroatoms. The summed E-state index contributed by atoms with van der Waals surface area (Å²) in [6.07, 6.45) is 1.71. The molecule has 0 bridgehead atoms. The van der Waals surface area contributed by atoms with Crippen LogP contribution in [0.15, 0.2) is 22.8 Å². The summed E-state index contributed by atoms with van der Waals surface area (Å²) in [4.78, 5) is 11.8. The van der Waals surface area contributed by atoms with E-state index in [0.717, 1.165) is 0 Å². The zero-order chi connectivity index (χ0) is 13.9. The van der Waals surface area contributed by atoms with Gasteiger partial charge in [-0.25, -0.2) is 8.42 Å². The van der Waals surface area contributed by atoms with Gasteiger partial charge in [-0.3, -0.25) is 4.79 Å². The lowest BCUT2D eigenvalue weighted by atomic mass is 10.2. The van der Waals surface area contributed by atoms with Crippen LogP contribution in [-0.2, 0) is 14.6 Å². The Morgan fingerprint density at radius 1 is 1.63 bits per heavy atom. The Morgan fingerprint density at radius 2 is 2.42 bits per heavy atom. The molecule has 6 nitrogen and oxygen atoms in total. The number of carbonyl (C=O) groups excluding carboxylic acids is 1. The Bertz CT molecular complexity index is 524. The highest BCUT2D eigenvalue weighted by Gasteiger charge is 2.26. The van der Waals surface area contributed by atoms with Gasteiger partial charge in [0.1, 0.15) is 5.76 Å². The molecule has 2 N–H and O–H groups in total. The molecule has 1 aliphatic heterocycles. The summed E-state index contributed by atoms with van der Waals surface area (Å²) >= 11 is 0. The summed E-state index contributed by atoms with van der Waals surface area (Å²) in [6, 6.07) is 3.02. The smallest absolute Gasteiger partial charge is 0.222 e. The Kier molecular flexibility index (Phi) is 4.26. The van der Waals surface area contributed by atoms with E-state index in [4.69, 9.17) is 4.42 Å². The summed E-state index contributed by atoms with van der Waals surface area (Å²) in [5.74, 6) is 0.666. The molecule has 2 atom stereocenters. The van der Waals surface area contributed by atoms with Crippen LogP contribution in [-0.4, -0.2) is 38.4 Å². The standard InChI is InChI=1S/C12H18N2O4S/c1-9(11-3-2-5-18-11)14-12(15)7-10-8-19(16,17)6-4-13-10/h2-3,5,9-10,13H,4,6-8H2,1H3,(H,14,15)/t9-,10?/m0/s1. The third-order valence-corrected chi connectivity index (χ3v) is 4.82. The third-order valence-electron chi connectivity index (χ3n) is 3.08. The van der Waals surface area contributed by atoms with Crippen LogP contribution in [0.3, 0.4) is 0 Å². The van der Waals surface area contributed by atoms with Crippen LogP contribution in [0.5, 0.6) is 0 Å². The van der Waals surface area contributed by atoms with Crippen molar-refractivity contribution in [2.75, 3.05) is 18.1 Å². The molecule has 1 saturated heterocycles. The van der Waals surface area contributed by atoms with E-state index in [1.165, 1.54) is 0 Å². The maximum absolute atomic E-state index is 11.8. The van der Waals surface area contributed by atoms with E-state index in [1.54, 1.807) is 18.4 Å². The molecule has 0 radical (unpaired) electrons. The molecule has 0 saturated carbocycles. The molecule has 1 fully saturated rings. The molecule has 1 aromatic rings. The van der Waals surface area contributed by atoms with Crippen molar-refractivity contribution in [1.82, 2.24) is 10.6 Å². The van der Waals surface area contributed by atoms with Crippen molar-refractivity contribution >= 4 is 15.7 Å². The second-order valence-corrected chi connectivity index (χ2v) is 7.00. The molecule has 19 heavy (non-hydrogen) atoms. The number of hydrogen-bond donors (Lipinski definition) is 2. The van der Waals surface area contributed by atoms with Crippen molar-refractivity contribution < 1.29 is 17.6 Å². The first-order valence-electron chi connectivity index (χ1n) is 6.23. The number of carbonyl (C=O) groups is 1. The van der Waals surface area contributed by atoms with Gasteiger partial charge in [-0.05, 0) is 19.1 Å². The number of rotatable bonds is 4. The van der Waals surface area contributed by atoms with E-state index >= 15 is 0 Å². The fourth-order valence-electron chi connectivity index (χ4n) is 2.13. The SMILES string of the molecule is C[C@H](NC(=O)CC1CS(=O)(=O)CCN1)c1ccco1. The van der Waals surface area contributed by atoms with E-state index in [0.29, 0.717) is 12.3 Å². The summed E-state index contributed by atoms with van der Waals surface area (Å²) < 4.78 is 28.1. The molecule has 0 aliphatic carbocycles. The average molecular weight is 286 g/mol. The first-order chi connectivity index (χ1) is 8.96. The molecule has 1 aliphatic rings. The van der Waals surface area contributed by atoms with Crippen LogP contribution >= 0.6 is 0 Å². The third kappa shape index (κ3) is 4.07. The van der Waals surface area contributed by atoms with Gasteiger partial charge in [0.05, 0.1) is 23.8 Å². The van der Waals surface area contributed by atoms with Gasteiger partial charge in [0, 0.05) is 19.0 Å². The number of hydrogen-bond acceptors (Lipinski definition) is 5. The lowest BCUT2D eigenvalue weighted by Crippen LogP contribution is -2.47. The highest BCUT2D eigenvalue weighted by atomic mass is 32.2. The topological polar surface area (TPSA) is 88.4 Å². The van der Waals surface area contributed by atoms with E-state index in [2.05, 4.69) is 10.6 Å². The molecule has 106 valence electrons. The highest BCUT2D eigenvalue weighted by Crippen LogP contribution is 2.13. The fraction of sp³-hybridized carbons (Fsp3) is 0.583. The Balaban J connectivity index is 1.84. The molecule has 1 amide bonds. The molecule has 2 heterocycles. The molecular weight excluding hydrogens is 268 g/mol. The quantitative estimate of drug-likeness (QED) is 0.827. The van der Waals surface area contributed by atoms with E-state index < -0.39 is 9.84 Å². The molecule has 0 aromatic carbocycles. The summed E-state index contributed by atoms with van der Waals surface area (Å²) in [7, 11) is -3.01. The molecule has 2 rings (SSSR count). The van der Waals surface area contributed by atoms with Crippen LogP contribution < -0.4 is 10.6 Å². The predicted molar refractivity (Wildman–Crippen MR) is 70.3 cm³/mol. The zero-order valence-corrected chi connectivity index (χ0v) is 11.6. The Labute approximate surface area is 112 Å². The van der Waals surface area contributed by atoms with Crippen molar-refractivity contribution in [2.24, 2.45) is 0 Å². The molecular formula is C12H18N2O4S. The van der Waals surface area contributed by atoms with Gasteiger partial charge >= 0.3 is 0 Å². The molecule has 1 unspecified atom stereocenters. The second kappa shape index (κ2) is 5.75. The van der Waals surface area contributed by atoms with Crippen molar-refractivity contribution in [1.29, 1.82) is 0 Å². The number of sulfone groups is 1. The number of amides is 1. The van der Waals surface area contributed by atoms with E-state index in [1.807, 2.05) is 6.92 Å². The molecule has 1 aromatic heterocycles. The Morgan fingerprint density at radius 3 is 3.05 bits per heavy atom. The van der Waals surface area contributed by atoms with Crippen LogP contribution in [0.2, 0.25) is 0 Å². The van der Waals surface area contributed by atoms with E-state index in [-0.39, 0.29) is 35.9 Å². The minimum Gasteiger partial charge on any atom is -0.467 e. The van der Waals surface area contributed by atoms with Crippen LogP contribution in [0, 0.1) is 0 Å². The monoisotopic (exact) mass is 286 g/mol. The van der Waals surface area contributed by atoms with Gasteiger partial charge in [0.15, 0.2) is 9.84 Å². The van der Waals surface area contributed by atoms with Gasteiger partial charge in [-0.15, -0.1) is 0 Å². The maximum Gasteiger partial charge on any atom is 0.222 e. The van der Waals surface area contributed by atoms with Crippen molar-refractivity contribution in [3.8, 4) is 0 Å². The van der Waals surface area contributed by atoms with Crippen molar-refractivity contribution in [3.63, 3.8) is 0 Å². The average Bonchev–Trinajstić information content (AvgIpc) is 2.80. The van der Waals surface area contributed by atoms with Gasteiger partial charge in [0.2, 0.25) is 5.91 Å². The first kappa shape index (κ1) is 14.1. The predicted octanol–water partition coefficient (Wildman–Crippen LogP) is 0.234. The maximum atomic E-state index is 11.8. The minimum atomic E-state index is -3.01. The van der Waals surface area contributed by atoms with Gasteiger partial charge in [-0.2, -0.15) is 0 Å². The lowest BCUT2D eigenvalue weighted by molar-refractivity contribution is -0.122. The summed E-state index contributed by atoms with van der Waals surface area (Å²) in [6.45, 7) is 2.23. The van der Waals surface area contributed by atoms with Gasteiger partial charge in [-0.1, -0.05) is 0 Å². The van der Waals surface area contributed by atoms with Crippen LogP contribution in [0.1, 0.15) is 25.1 Å². The van der Waals surface area contributed by atoms with Gasteiger partial charge < -0.3 is 15.1 Å². The highest BCUT2D eigenvalue weighted by molar-refractivity contribution is 7.91. The normalized spacial score (nSPS) is 23.7. The second-order valence-electron chi connectivity index (χ2n) is 4.77. The lowest BCUT2D eigenvalue weighted by Gasteiger charge is -2.23. The van der Waals surface area contributed by atoms with Gasteiger partial charge in [0.25, 0.3) is 0 Å². The first-order valence-corrected chi connectivity index (χ1v) is 8.05. The van der Waals surface area contributed by atoms with E-state index in [9.17, 15) is 13.2 Å². The largest absolute Gasteiger partial charge is 0.467 e. The Hall–Kier alpha value is -1.34. The summed E-state index contributed by atoms with van der Waals surface area (Å²) in [5.41, 5.74) is 0. The zero-order valence-electron chi connectivity index (χ0n) is 10.8. The van der Waals surface area contributed by atoms with Crippen LogP contribution in [0.4, 0.5) is 0 Å². The van der Waals surface area contributed by atoms with Crippen LogP contribution in [0.25, 0.3) is 0 Å². The fourth-order valence-corrected chi connectivity index (χ4v) is 3.58. The molecule has 0 spiro atoms. The number of nitrogens with one attached hydrogen (secondary N) is 2. The van der Waals surface area contributed by atoms with Crippen molar-refractivity contribution in [2.45, 2.75) is 25.4 Å². The minimum absolute atomic E-state index is 0.0234. The van der Waals surface area contributed by atoms with Crippen molar-refractivity contribution in [3.05, 3.63) is 24.2 Å².